The number of benzene rings is 3. The summed E-state index contributed by atoms with van der Waals surface area (Å²) in [6.45, 7) is 3.89. The van der Waals surface area contributed by atoms with Crippen LogP contribution in [0.15, 0.2) is 66.7 Å². The van der Waals surface area contributed by atoms with Crippen LogP contribution in [0.3, 0.4) is 0 Å². The topological polar surface area (TPSA) is 59.3 Å². The SMILES string of the molecule is COC(=O)[C@H](c1ccc(Cl)c(C#N)c1-c1cccc(Oc2ccccc2)c1)C(C)C. The number of methoxy groups -OCH3 is 1. The van der Waals surface area contributed by atoms with E-state index in [-0.39, 0.29) is 11.9 Å². The number of esters is 1. The summed E-state index contributed by atoms with van der Waals surface area (Å²) in [5.41, 5.74) is 2.38. The average molecular weight is 420 g/mol. The van der Waals surface area contributed by atoms with Gasteiger partial charge in [0.05, 0.1) is 23.6 Å². The number of nitrogens with zero attached hydrogens (tertiary/aromatic N) is 1. The van der Waals surface area contributed by atoms with Gasteiger partial charge in [0.25, 0.3) is 0 Å². The molecule has 0 aliphatic heterocycles. The summed E-state index contributed by atoms with van der Waals surface area (Å²) in [6.07, 6.45) is 0. The van der Waals surface area contributed by atoms with Crippen LogP contribution < -0.4 is 4.74 Å². The Balaban J connectivity index is 2.17. The van der Waals surface area contributed by atoms with Gasteiger partial charge in [0.1, 0.15) is 17.6 Å². The number of carbonyl (C=O) groups is 1. The molecule has 0 aromatic heterocycles. The highest BCUT2D eigenvalue weighted by molar-refractivity contribution is 6.32. The predicted molar refractivity (Wildman–Crippen MR) is 118 cm³/mol. The lowest BCUT2D eigenvalue weighted by molar-refractivity contribution is -0.143. The molecule has 0 amide bonds. The Morgan fingerprint density at radius 2 is 1.70 bits per heavy atom. The molecule has 5 heteroatoms. The first-order valence-corrected chi connectivity index (χ1v) is 9.97. The number of halogens is 1. The van der Waals surface area contributed by atoms with Crippen molar-refractivity contribution in [1.82, 2.24) is 0 Å². The van der Waals surface area contributed by atoms with Gasteiger partial charge in [-0.25, -0.2) is 0 Å². The molecule has 3 aromatic rings. The van der Waals surface area contributed by atoms with Gasteiger partial charge in [0, 0.05) is 5.56 Å². The van der Waals surface area contributed by atoms with Gasteiger partial charge < -0.3 is 9.47 Å². The third-order valence-corrected chi connectivity index (χ3v) is 5.17. The van der Waals surface area contributed by atoms with Crippen molar-refractivity contribution in [1.29, 1.82) is 5.26 Å². The largest absolute Gasteiger partial charge is 0.469 e. The summed E-state index contributed by atoms with van der Waals surface area (Å²) in [4.78, 5) is 12.6. The van der Waals surface area contributed by atoms with Crippen LogP contribution >= 0.6 is 11.6 Å². The van der Waals surface area contributed by atoms with E-state index in [1.807, 2.05) is 68.4 Å². The number of nitriles is 1. The van der Waals surface area contributed by atoms with E-state index in [1.54, 1.807) is 12.1 Å². The van der Waals surface area contributed by atoms with E-state index in [0.29, 0.717) is 33.2 Å². The third-order valence-electron chi connectivity index (χ3n) is 4.86. The number of ether oxygens (including phenoxy) is 2. The highest BCUT2D eigenvalue weighted by Crippen LogP contribution is 2.40. The summed E-state index contributed by atoms with van der Waals surface area (Å²) < 4.78 is 11.0. The van der Waals surface area contributed by atoms with Crippen molar-refractivity contribution < 1.29 is 14.3 Å². The van der Waals surface area contributed by atoms with E-state index in [4.69, 9.17) is 21.1 Å². The molecule has 3 aromatic carbocycles. The maximum atomic E-state index is 12.6. The number of hydrogen-bond acceptors (Lipinski definition) is 4. The average Bonchev–Trinajstić information content (AvgIpc) is 2.75. The molecule has 0 radical (unpaired) electrons. The zero-order valence-corrected chi connectivity index (χ0v) is 17.8. The van der Waals surface area contributed by atoms with Gasteiger partial charge in [-0.3, -0.25) is 4.79 Å². The normalized spacial score (nSPS) is 11.6. The number of hydrogen-bond donors (Lipinski definition) is 0. The Kier molecular flexibility index (Phi) is 6.76. The third kappa shape index (κ3) is 4.48. The molecule has 0 aliphatic carbocycles. The number of carbonyl (C=O) groups excluding carboxylic acids is 1. The molecule has 0 saturated heterocycles. The highest BCUT2D eigenvalue weighted by atomic mass is 35.5. The summed E-state index contributed by atoms with van der Waals surface area (Å²) in [7, 11) is 1.37. The smallest absolute Gasteiger partial charge is 0.313 e. The maximum absolute atomic E-state index is 12.6. The maximum Gasteiger partial charge on any atom is 0.313 e. The van der Waals surface area contributed by atoms with Gasteiger partial charge in [-0.1, -0.05) is 61.8 Å². The zero-order chi connectivity index (χ0) is 21.7. The minimum Gasteiger partial charge on any atom is -0.469 e. The van der Waals surface area contributed by atoms with Crippen molar-refractivity contribution in [2.24, 2.45) is 5.92 Å². The van der Waals surface area contributed by atoms with Crippen molar-refractivity contribution in [2.75, 3.05) is 7.11 Å². The lowest BCUT2D eigenvalue weighted by atomic mass is 9.82. The number of rotatable bonds is 6. The molecule has 0 aliphatic rings. The Bertz CT molecular complexity index is 1090. The van der Waals surface area contributed by atoms with Crippen LogP contribution in [-0.2, 0) is 9.53 Å². The minimum absolute atomic E-state index is 0.0346. The molecule has 0 fully saturated rings. The Morgan fingerprint density at radius 3 is 2.33 bits per heavy atom. The Labute approximate surface area is 181 Å². The van der Waals surface area contributed by atoms with E-state index in [9.17, 15) is 10.1 Å². The van der Waals surface area contributed by atoms with Crippen molar-refractivity contribution in [3.8, 4) is 28.7 Å². The second-order valence-corrected chi connectivity index (χ2v) is 7.59. The second kappa shape index (κ2) is 9.47. The number of para-hydroxylation sites is 1. The molecule has 3 rings (SSSR count). The fraction of sp³-hybridized carbons (Fsp3) is 0.200. The van der Waals surface area contributed by atoms with Crippen LogP contribution in [0, 0.1) is 17.2 Å². The molecule has 30 heavy (non-hydrogen) atoms. The molecule has 4 nitrogen and oxygen atoms in total. The molecular formula is C25H22ClNO3. The van der Waals surface area contributed by atoms with Crippen LogP contribution in [0.5, 0.6) is 11.5 Å². The van der Waals surface area contributed by atoms with Crippen LogP contribution in [0.1, 0.15) is 30.9 Å². The quantitative estimate of drug-likeness (QED) is 0.423. The van der Waals surface area contributed by atoms with Crippen molar-refractivity contribution in [3.63, 3.8) is 0 Å². The van der Waals surface area contributed by atoms with Crippen molar-refractivity contribution >= 4 is 17.6 Å². The minimum atomic E-state index is -0.534. The van der Waals surface area contributed by atoms with Crippen molar-refractivity contribution in [3.05, 3.63) is 82.9 Å². The molecular weight excluding hydrogens is 398 g/mol. The lowest BCUT2D eigenvalue weighted by Gasteiger charge is -2.23. The molecule has 0 spiro atoms. The zero-order valence-electron chi connectivity index (χ0n) is 17.1. The van der Waals surface area contributed by atoms with Crippen LogP contribution in [0.4, 0.5) is 0 Å². The molecule has 1 atom stereocenters. The first-order valence-electron chi connectivity index (χ1n) is 9.60. The van der Waals surface area contributed by atoms with Crippen LogP contribution in [-0.4, -0.2) is 13.1 Å². The molecule has 0 unspecified atom stereocenters. The van der Waals surface area contributed by atoms with E-state index >= 15 is 0 Å². The fourth-order valence-corrected chi connectivity index (χ4v) is 3.70. The van der Waals surface area contributed by atoms with Gasteiger partial charge in [-0.05, 0) is 47.4 Å². The first-order chi connectivity index (χ1) is 14.5. The molecule has 0 saturated carbocycles. The molecule has 152 valence electrons. The first kappa shape index (κ1) is 21.4. The summed E-state index contributed by atoms with van der Waals surface area (Å²) in [6, 6.07) is 22.5. The Morgan fingerprint density at radius 1 is 1.00 bits per heavy atom. The van der Waals surface area contributed by atoms with Gasteiger partial charge >= 0.3 is 5.97 Å². The summed E-state index contributed by atoms with van der Waals surface area (Å²) >= 11 is 6.35. The molecule has 0 N–H and O–H groups in total. The van der Waals surface area contributed by atoms with Gasteiger partial charge in [-0.2, -0.15) is 5.26 Å². The molecule has 0 bridgehead atoms. The van der Waals surface area contributed by atoms with Gasteiger partial charge in [-0.15, -0.1) is 0 Å². The Hall–Kier alpha value is -3.29. The van der Waals surface area contributed by atoms with Crippen molar-refractivity contribution in [2.45, 2.75) is 19.8 Å². The molecule has 0 heterocycles. The van der Waals surface area contributed by atoms with E-state index < -0.39 is 5.92 Å². The summed E-state index contributed by atoms with van der Waals surface area (Å²) in [5.74, 6) is 0.402. The lowest BCUT2D eigenvalue weighted by Crippen LogP contribution is -2.20. The van der Waals surface area contributed by atoms with E-state index in [1.165, 1.54) is 7.11 Å². The van der Waals surface area contributed by atoms with E-state index in [2.05, 4.69) is 6.07 Å². The highest BCUT2D eigenvalue weighted by Gasteiger charge is 2.30. The fourth-order valence-electron chi connectivity index (χ4n) is 3.50. The standard InChI is InChI=1S/C25H22ClNO3/c1-16(2)23(25(28)29-3)20-12-13-22(26)21(15-27)24(20)17-8-7-11-19(14-17)30-18-9-5-4-6-10-18/h4-14,16,23H,1-3H3/t23-/m0/s1. The van der Waals surface area contributed by atoms with Crippen LogP contribution in [0.2, 0.25) is 5.02 Å². The van der Waals surface area contributed by atoms with Gasteiger partial charge in [0.15, 0.2) is 0 Å². The van der Waals surface area contributed by atoms with Crippen LogP contribution in [0.25, 0.3) is 11.1 Å². The monoisotopic (exact) mass is 419 g/mol. The second-order valence-electron chi connectivity index (χ2n) is 7.19. The van der Waals surface area contributed by atoms with E-state index in [0.717, 1.165) is 5.56 Å². The predicted octanol–water partition coefficient (Wildman–Crippen LogP) is 6.58. The van der Waals surface area contributed by atoms with Gasteiger partial charge in [0.2, 0.25) is 0 Å². The summed E-state index contributed by atoms with van der Waals surface area (Å²) in [5, 5.41) is 10.2.